The predicted molar refractivity (Wildman–Crippen MR) is 114 cm³/mol. The number of hydrogen-bond acceptors (Lipinski definition) is 7. The molecule has 31 heavy (non-hydrogen) atoms. The third-order valence-corrected chi connectivity index (χ3v) is 7.96. The number of nitrogens with zero attached hydrogens (tertiary/aromatic N) is 4. The second-order valence-corrected chi connectivity index (χ2v) is 11.0. The molecule has 13 heteroatoms. The van der Waals surface area contributed by atoms with Crippen LogP contribution in [-0.2, 0) is 33.1 Å². The number of fused-ring (bicyclic) bond motifs is 1. The Labute approximate surface area is 184 Å². The zero-order valence-electron chi connectivity index (χ0n) is 16.4. The van der Waals surface area contributed by atoms with E-state index in [9.17, 15) is 16.8 Å². The first-order valence-corrected chi connectivity index (χ1v) is 12.5. The molecule has 1 aliphatic rings. The van der Waals surface area contributed by atoms with E-state index in [2.05, 4.69) is 15.6 Å². The zero-order chi connectivity index (χ0) is 22.4. The SMILES string of the molecule is Cc1cccc(Cn2cc(CN3CNc4cc(Cl)c(S(N)(=O)=O)cc4S3(=O)=O)nn2)c1. The van der Waals surface area contributed by atoms with Crippen LogP contribution in [0.15, 0.2) is 52.4 Å². The van der Waals surface area contributed by atoms with Crippen molar-refractivity contribution in [3.8, 4) is 0 Å². The second kappa shape index (κ2) is 7.88. The van der Waals surface area contributed by atoms with Gasteiger partial charge in [0.25, 0.3) is 0 Å². The van der Waals surface area contributed by atoms with Crippen LogP contribution in [-0.4, -0.2) is 42.8 Å². The third-order valence-electron chi connectivity index (χ3n) is 4.76. The van der Waals surface area contributed by atoms with Gasteiger partial charge in [-0.25, -0.2) is 26.7 Å². The van der Waals surface area contributed by atoms with Gasteiger partial charge in [-0.1, -0.05) is 46.6 Å². The van der Waals surface area contributed by atoms with E-state index >= 15 is 0 Å². The summed E-state index contributed by atoms with van der Waals surface area (Å²) < 4.78 is 52.4. The molecule has 2 aromatic carbocycles. The molecule has 0 radical (unpaired) electrons. The van der Waals surface area contributed by atoms with E-state index in [-0.39, 0.29) is 28.8 Å². The monoisotopic (exact) mass is 482 g/mol. The number of benzene rings is 2. The van der Waals surface area contributed by atoms with Crippen LogP contribution in [0.2, 0.25) is 5.02 Å². The second-order valence-electron chi connectivity index (χ2n) is 7.17. The lowest BCUT2D eigenvalue weighted by Crippen LogP contribution is -2.39. The Morgan fingerprint density at radius 1 is 1.23 bits per heavy atom. The Morgan fingerprint density at radius 2 is 2.00 bits per heavy atom. The number of primary sulfonamides is 1. The highest BCUT2D eigenvalue weighted by Crippen LogP contribution is 2.35. The van der Waals surface area contributed by atoms with E-state index < -0.39 is 24.9 Å². The first kappa shape index (κ1) is 21.7. The van der Waals surface area contributed by atoms with Crippen LogP contribution < -0.4 is 10.5 Å². The number of rotatable bonds is 5. The van der Waals surface area contributed by atoms with Crippen molar-refractivity contribution in [2.45, 2.75) is 29.8 Å². The molecule has 1 aromatic heterocycles. The molecule has 164 valence electrons. The number of anilines is 1. The number of aromatic nitrogens is 3. The fourth-order valence-electron chi connectivity index (χ4n) is 3.31. The molecule has 0 saturated carbocycles. The van der Waals surface area contributed by atoms with Gasteiger partial charge >= 0.3 is 0 Å². The van der Waals surface area contributed by atoms with Gasteiger partial charge in [0.2, 0.25) is 20.0 Å². The van der Waals surface area contributed by atoms with Crippen molar-refractivity contribution in [2.24, 2.45) is 5.14 Å². The molecule has 2 heterocycles. The number of nitrogens with two attached hydrogens (primary N) is 1. The lowest BCUT2D eigenvalue weighted by Gasteiger charge is -2.29. The number of nitrogens with one attached hydrogen (secondary N) is 1. The Bertz CT molecular complexity index is 1370. The van der Waals surface area contributed by atoms with Gasteiger partial charge < -0.3 is 5.32 Å². The molecule has 3 N–H and O–H groups in total. The van der Waals surface area contributed by atoms with E-state index in [1.54, 1.807) is 10.9 Å². The third kappa shape index (κ3) is 4.43. The van der Waals surface area contributed by atoms with Crippen LogP contribution in [0, 0.1) is 6.92 Å². The molecular formula is C18H19ClN6O4S2. The van der Waals surface area contributed by atoms with Gasteiger partial charge in [-0.3, -0.25) is 0 Å². The van der Waals surface area contributed by atoms with E-state index in [1.807, 2.05) is 31.2 Å². The van der Waals surface area contributed by atoms with E-state index in [4.69, 9.17) is 16.7 Å². The van der Waals surface area contributed by atoms with E-state index in [0.717, 1.165) is 21.5 Å². The molecule has 3 aromatic rings. The molecule has 4 rings (SSSR count). The maximum absolute atomic E-state index is 13.1. The maximum atomic E-state index is 13.1. The Morgan fingerprint density at radius 3 is 2.71 bits per heavy atom. The molecule has 0 fully saturated rings. The van der Waals surface area contributed by atoms with E-state index in [0.29, 0.717) is 12.2 Å². The summed E-state index contributed by atoms with van der Waals surface area (Å²) in [5.41, 5.74) is 2.82. The lowest BCUT2D eigenvalue weighted by atomic mass is 10.1. The summed E-state index contributed by atoms with van der Waals surface area (Å²) in [6.45, 7) is 2.41. The number of aryl methyl sites for hydroxylation is 1. The van der Waals surface area contributed by atoms with Crippen LogP contribution in [0.5, 0.6) is 0 Å². The topological polar surface area (TPSA) is 140 Å². The van der Waals surface area contributed by atoms with Gasteiger partial charge in [0.05, 0.1) is 42.4 Å². The van der Waals surface area contributed by atoms with Crippen molar-refractivity contribution in [3.63, 3.8) is 0 Å². The first-order chi connectivity index (χ1) is 14.5. The summed E-state index contributed by atoms with van der Waals surface area (Å²) in [4.78, 5) is -0.677. The predicted octanol–water partition coefficient (Wildman–Crippen LogP) is 1.51. The summed E-state index contributed by atoms with van der Waals surface area (Å²) in [5, 5.41) is 16.1. The number of hydrogen-bond donors (Lipinski definition) is 2. The van der Waals surface area contributed by atoms with Gasteiger partial charge in [-0.15, -0.1) is 5.10 Å². The Balaban J connectivity index is 1.58. The normalized spacial score (nSPS) is 16.0. The van der Waals surface area contributed by atoms with Crippen LogP contribution in [0.1, 0.15) is 16.8 Å². The molecule has 0 unspecified atom stereocenters. The van der Waals surface area contributed by atoms with Crippen molar-refractivity contribution < 1.29 is 16.8 Å². The summed E-state index contributed by atoms with van der Waals surface area (Å²) in [6, 6.07) is 10.2. The zero-order valence-corrected chi connectivity index (χ0v) is 18.7. The summed E-state index contributed by atoms with van der Waals surface area (Å²) >= 11 is 5.96. The first-order valence-electron chi connectivity index (χ1n) is 9.09. The maximum Gasteiger partial charge on any atom is 0.247 e. The lowest BCUT2D eigenvalue weighted by molar-refractivity contribution is 0.416. The Hall–Kier alpha value is -2.51. The van der Waals surface area contributed by atoms with Gasteiger partial charge in [0, 0.05) is 0 Å². The minimum absolute atomic E-state index is 0.0366. The van der Waals surface area contributed by atoms with Gasteiger partial charge in [-0.2, -0.15) is 4.31 Å². The van der Waals surface area contributed by atoms with Crippen LogP contribution in [0.4, 0.5) is 5.69 Å². The molecule has 0 atom stereocenters. The van der Waals surface area contributed by atoms with Crippen molar-refractivity contribution in [1.82, 2.24) is 19.3 Å². The molecule has 0 bridgehead atoms. The fourth-order valence-corrected chi connectivity index (χ4v) is 5.97. The van der Waals surface area contributed by atoms with Crippen molar-refractivity contribution >= 4 is 37.3 Å². The van der Waals surface area contributed by atoms with Crippen LogP contribution in [0.25, 0.3) is 0 Å². The van der Waals surface area contributed by atoms with Crippen LogP contribution in [0.3, 0.4) is 0 Å². The number of sulfonamides is 2. The highest BCUT2D eigenvalue weighted by molar-refractivity contribution is 7.90. The molecule has 0 saturated heterocycles. The standard InChI is InChI=1S/C18H19ClN6O4S2/c1-12-3-2-4-13(5-12)8-24-9-14(22-23-24)10-25-11-21-16-6-15(19)17(30(20,26)27)7-18(16)31(25,28)29/h2-7,9,21H,8,10-11H2,1H3,(H2,20,26,27). The van der Waals surface area contributed by atoms with Crippen molar-refractivity contribution in [2.75, 3.05) is 12.0 Å². The fraction of sp³-hybridized carbons (Fsp3) is 0.222. The van der Waals surface area contributed by atoms with E-state index in [1.165, 1.54) is 6.07 Å². The Kier molecular flexibility index (Phi) is 5.52. The summed E-state index contributed by atoms with van der Waals surface area (Å²) in [6.07, 6.45) is 1.67. The minimum Gasteiger partial charge on any atom is -0.370 e. The average molecular weight is 483 g/mol. The molecule has 0 amide bonds. The smallest absolute Gasteiger partial charge is 0.247 e. The molecule has 0 aliphatic carbocycles. The minimum atomic E-state index is -4.19. The van der Waals surface area contributed by atoms with Gasteiger partial charge in [-0.05, 0) is 24.6 Å². The van der Waals surface area contributed by atoms with Crippen LogP contribution >= 0.6 is 11.6 Å². The highest BCUT2D eigenvalue weighted by atomic mass is 35.5. The average Bonchev–Trinajstić information content (AvgIpc) is 3.10. The quantitative estimate of drug-likeness (QED) is 0.561. The van der Waals surface area contributed by atoms with Crippen molar-refractivity contribution in [3.05, 3.63) is 64.4 Å². The number of halogens is 1. The summed E-state index contributed by atoms with van der Waals surface area (Å²) in [5.74, 6) is 0. The van der Waals surface area contributed by atoms with Gasteiger partial charge in [0.15, 0.2) is 0 Å². The largest absolute Gasteiger partial charge is 0.370 e. The molecule has 0 spiro atoms. The van der Waals surface area contributed by atoms with Gasteiger partial charge in [0.1, 0.15) is 9.79 Å². The molecule has 10 nitrogen and oxygen atoms in total. The highest BCUT2D eigenvalue weighted by Gasteiger charge is 2.34. The molecular weight excluding hydrogens is 464 g/mol. The summed E-state index contributed by atoms with van der Waals surface area (Å²) in [7, 11) is -8.21. The van der Waals surface area contributed by atoms with Crippen molar-refractivity contribution in [1.29, 1.82) is 0 Å². The molecule has 1 aliphatic heterocycles.